The van der Waals surface area contributed by atoms with Gasteiger partial charge in [-0.25, -0.2) is 0 Å². The van der Waals surface area contributed by atoms with Crippen LogP contribution in [0.2, 0.25) is 0 Å². The number of phenolic OH excluding ortho intramolecular Hbond substituents is 1. The Labute approximate surface area is 51.4 Å². The van der Waals surface area contributed by atoms with Crippen LogP contribution in [0.5, 0.6) is 5.75 Å². The molecule has 0 spiro atoms. The third-order valence-corrected chi connectivity index (χ3v) is 1.33. The molecule has 2 heteroatoms. The van der Waals surface area contributed by atoms with Gasteiger partial charge in [0.25, 0.3) is 0 Å². The second-order valence-corrected chi connectivity index (χ2v) is 2.06. The predicted molar refractivity (Wildman–Crippen MR) is 33.5 cm³/mol. The number of hydrogen-bond donors (Lipinski definition) is 1. The maximum Gasteiger partial charge on any atom is 0.113 e. The lowest BCUT2D eigenvalue weighted by atomic mass is 10.3. The summed E-state index contributed by atoms with van der Waals surface area (Å²) in [4.78, 5) is 0. The summed E-state index contributed by atoms with van der Waals surface area (Å²) in [6.45, 7) is 0. The number of rotatable bonds is 0. The highest BCUT2D eigenvalue weighted by atomic mass is 28.1. The Morgan fingerprint density at radius 3 is 2.25 bits per heavy atom. The summed E-state index contributed by atoms with van der Waals surface area (Å²) in [7, 11) is 3.19. The van der Waals surface area contributed by atoms with Gasteiger partial charge in [0, 0.05) is 0 Å². The van der Waals surface area contributed by atoms with E-state index < -0.39 is 0 Å². The quantitative estimate of drug-likeness (QED) is 0.486. The van der Waals surface area contributed by atoms with Gasteiger partial charge in [0.15, 0.2) is 0 Å². The van der Waals surface area contributed by atoms with E-state index in [2.05, 4.69) is 10.2 Å². The van der Waals surface area contributed by atoms with Crippen molar-refractivity contribution in [2.45, 2.75) is 0 Å². The zero-order chi connectivity index (χ0) is 5.98. The molecule has 0 saturated heterocycles. The highest BCUT2D eigenvalue weighted by molar-refractivity contribution is 6.34. The van der Waals surface area contributed by atoms with Crippen LogP contribution in [0.1, 0.15) is 0 Å². The van der Waals surface area contributed by atoms with Gasteiger partial charge < -0.3 is 5.11 Å². The molecule has 39 valence electrons. The van der Waals surface area contributed by atoms with E-state index in [1.165, 1.54) is 0 Å². The Morgan fingerprint density at radius 1 is 1.25 bits per heavy atom. The molecule has 1 nitrogen and oxygen atoms in total. The molecule has 0 aliphatic rings. The Morgan fingerprint density at radius 2 is 1.88 bits per heavy atom. The SMILES string of the molecule is Oc1ccccc1[Si]. The van der Waals surface area contributed by atoms with Gasteiger partial charge in [0.2, 0.25) is 0 Å². The van der Waals surface area contributed by atoms with Crippen molar-refractivity contribution in [1.29, 1.82) is 0 Å². The summed E-state index contributed by atoms with van der Waals surface area (Å²) in [5, 5.41) is 9.60. The summed E-state index contributed by atoms with van der Waals surface area (Å²) in [6, 6.07) is 7.04. The van der Waals surface area contributed by atoms with Crippen LogP contribution in [0.15, 0.2) is 24.3 Å². The summed E-state index contributed by atoms with van der Waals surface area (Å²) in [5.74, 6) is 0.282. The van der Waals surface area contributed by atoms with Crippen molar-refractivity contribution >= 4 is 15.4 Å². The van der Waals surface area contributed by atoms with Crippen molar-refractivity contribution in [2.75, 3.05) is 0 Å². The van der Waals surface area contributed by atoms with E-state index in [1.54, 1.807) is 18.2 Å². The maximum atomic E-state index is 8.87. The standard InChI is InChI=1S/C6H5OSi/c7-5-3-1-2-4-6(5)8/h1-4,7H. The molecule has 8 heavy (non-hydrogen) atoms. The summed E-state index contributed by atoms with van der Waals surface area (Å²) >= 11 is 0. The molecule has 1 aromatic carbocycles. The smallest absolute Gasteiger partial charge is 0.113 e. The van der Waals surface area contributed by atoms with Crippen LogP contribution in [0.4, 0.5) is 0 Å². The van der Waals surface area contributed by atoms with Gasteiger partial charge in [-0.1, -0.05) is 18.2 Å². The maximum absolute atomic E-state index is 8.87. The molecule has 0 bridgehead atoms. The van der Waals surface area contributed by atoms with Crippen LogP contribution in [0.25, 0.3) is 0 Å². The molecule has 3 radical (unpaired) electrons. The van der Waals surface area contributed by atoms with Crippen molar-refractivity contribution in [3.63, 3.8) is 0 Å². The topological polar surface area (TPSA) is 20.2 Å². The van der Waals surface area contributed by atoms with E-state index in [-0.39, 0.29) is 5.75 Å². The van der Waals surface area contributed by atoms with Gasteiger partial charge in [-0.3, -0.25) is 0 Å². The minimum Gasteiger partial charge on any atom is -0.508 e. The van der Waals surface area contributed by atoms with E-state index in [1.807, 2.05) is 6.07 Å². The van der Waals surface area contributed by atoms with Crippen molar-refractivity contribution in [2.24, 2.45) is 0 Å². The van der Waals surface area contributed by atoms with Crippen molar-refractivity contribution in [3.8, 4) is 5.75 Å². The van der Waals surface area contributed by atoms with Crippen LogP contribution in [0, 0.1) is 0 Å². The third-order valence-electron chi connectivity index (χ3n) is 0.904. The first-order valence-corrected chi connectivity index (χ1v) is 2.80. The van der Waals surface area contributed by atoms with Gasteiger partial charge >= 0.3 is 0 Å². The van der Waals surface area contributed by atoms with Gasteiger partial charge in [-0.05, 0) is 11.3 Å². The van der Waals surface area contributed by atoms with E-state index >= 15 is 0 Å². The first-order valence-electron chi connectivity index (χ1n) is 2.30. The van der Waals surface area contributed by atoms with Crippen LogP contribution < -0.4 is 5.19 Å². The molecule has 0 aliphatic carbocycles. The van der Waals surface area contributed by atoms with E-state index in [9.17, 15) is 0 Å². The molecule has 0 unspecified atom stereocenters. The molecule has 0 saturated carbocycles. The Bertz CT molecular complexity index is 165. The lowest BCUT2D eigenvalue weighted by Gasteiger charge is -1.92. The van der Waals surface area contributed by atoms with E-state index in [0.29, 0.717) is 0 Å². The van der Waals surface area contributed by atoms with Crippen molar-refractivity contribution in [3.05, 3.63) is 24.3 Å². The summed E-state index contributed by atoms with van der Waals surface area (Å²) < 4.78 is 0. The zero-order valence-electron chi connectivity index (χ0n) is 4.26. The second kappa shape index (κ2) is 2.00. The Hall–Kier alpha value is -0.763. The number of hydrogen-bond acceptors (Lipinski definition) is 1. The van der Waals surface area contributed by atoms with Gasteiger partial charge in [0.05, 0.1) is 10.2 Å². The lowest BCUT2D eigenvalue weighted by Crippen LogP contribution is -1.99. The van der Waals surface area contributed by atoms with E-state index in [0.717, 1.165) is 5.19 Å². The monoisotopic (exact) mass is 121 g/mol. The molecular formula is C6H5OSi. The molecular weight excluding hydrogens is 116 g/mol. The molecule has 0 fully saturated rings. The van der Waals surface area contributed by atoms with Crippen LogP contribution in [-0.4, -0.2) is 15.3 Å². The second-order valence-electron chi connectivity index (χ2n) is 1.52. The fraction of sp³-hybridized carbons (Fsp3) is 0. The van der Waals surface area contributed by atoms with Crippen LogP contribution >= 0.6 is 0 Å². The van der Waals surface area contributed by atoms with Crippen LogP contribution in [0.3, 0.4) is 0 Å². The fourth-order valence-corrected chi connectivity index (χ4v) is 0.653. The molecule has 0 aliphatic heterocycles. The number of phenols is 1. The van der Waals surface area contributed by atoms with Crippen molar-refractivity contribution in [1.82, 2.24) is 0 Å². The van der Waals surface area contributed by atoms with Crippen LogP contribution in [-0.2, 0) is 0 Å². The molecule has 1 rings (SSSR count). The highest BCUT2D eigenvalue weighted by Gasteiger charge is 1.87. The largest absolute Gasteiger partial charge is 0.508 e. The highest BCUT2D eigenvalue weighted by Crippen LogP contribution is 1.98. The predicted octanol–water partition coefficient (Wildman–Crippen LogP) is 0.186. The average Bonchev–Trinajstić information content (AvgIpc) is 1.77. The Kier molecular flexibility index (Phi) is 1.35. The number of para-hydroxylation sites is 1. The number of aromatic hydroxyl groups is 1. The van der Waals surface area contributed by atoms with Gasteiger partial charge in [0.1, 0.15) is 5.75 Å². The first kappa shape index (κ1) is 5.38. The molecule has 0 amide bonds. The molecule has 1 aromatic rings. The molecule has 0 atom stereocenters. The molecule has 0 aromatic heterocycles. The molecule has 1 N–H and O–H groups in total. The number of benzene rings is 1. The minimum atomic E-state index is 0.282. The van der Waals surface area contributed by atoms with Gasteiger partial charge in [-0.2, -0.15) is 0 Å². The zero-order valence-corrected chi connectivity index (χ0v) is 5.26. The average molecular weight is 121 g/mol. The normalized spacial score (nSPS) is 9.12. The summed E-state index contributed by atoms with van der Waals surface area (Å²) in [6.07, 6.45) is 0. The lowest BCUT2D eigenvalue weighted by molar-refractivity contribution is 0.479. The van der Waals surface area contributed by atoms with Crippen molar-refractivity contribution < 1.29 is 5.11 Å². The fourth-order valence-electron chi connectivity index (χ4n) is 0.474. The third kappa shape index (κ3) is 0.897. The van der Waals surface area contributed by atoms with Gasteiger partial charge in [-0.15, -0.1) is 0 Å². The first-order chi connectivity index (χ1) is 3.80. The summed E-state index contributed by atoms with van der Waals surface area (Å²) in [5.41, 5.74) is 0. The minimum absolute atomic E-state index is 0.282. The van der Waals surface area contributed by atoms with E-state index in [4.69, 9.17) is 5.11 Å². The molecule has 0 heterocycles. The Balaban J connectivity index is 3.13.